The van der Waals surface area contributed by atoms with E-state index in [0.29, 0.717) is 0 Å². The normalized spacial score (nSPS) is 14.4. The van der Waals surface area contributed by atoms with Crippen LogP contribution in [-0.4, -0.2) is 14.8 Å². The molecule has 3 heteroatoms. The minimum absolute atomic E-state index is 0.109. The van der Waals surface area contributed by atoms with E-state index in [0.717, 1.165) is 0 Å². The van der Waals surface area contributed by atoms with E-state index in [4.69, 9.17) is 0 Å². The van der Waals surface area contributed by atoms with Crippen LogP contribution < -0.4 is 0 Å². The maximum absolute atomic E-state index is 4.58. The van der Waals surface area contributed by atoms with E-state index >= 15 is 0 Å². The minimum Gasteiger partial charge on any atom is -0.237 e. The van der Waals surface area contributed by atoms with Crippen LogP contribution in [0.1, 0.15) is 43.0 Å². The molecule has 0 saturated heterocycles. The molecule has 0 spiro atoms. The highest BCUT2D eigenvalue weighted by molar-refractivity contribution is 5.46. The molecule has 0 fully saturated rings. The second-order valence-electron chi connectivity index (χ2n) is 7.48. The summed E-state index contributed by atoms with van der Waals surface area (Å²) in [7, 11) is 0. The zero-order chi connectivity index (χ0) is 17.4. The topological polar surface area (TPSA) is 30.7 Å². The molecule has 124 valence electrons. The summed E-state index contributed by atoms with van der Waals surface area (Å²) >= 11 is 0. The number of nitrogens with zero attached hydrogens (tertiary/aromatic N) is 3. The summed E-state index contributed by atoms with van der Waals surface area (Å²) in [5, 5.41) is 4.58. The molecule has 1 aromatic heterocycles. The van der Waals surface area contributed by atoms with Crippen molar-refractivity contribution in [3.63, 3.8) is 0 Å². The first-order valence-electron chi connectivity index (χ1n) is 8.36. The molecular formula is C21H25N3. The molecule has 2 aromatic carbocycles. The van der Waals surface area contributed by atoms with E-state index in [2.05, 4.69) is 93.2 Å². The molecule has 0 aliphatic carbocycles. The summed E-state index contributed by atoms with van der Waals surface area (Å²) in [5.41, 5.74) is 4.48. The summed E-state index contributed by atoms with van der Waals surface area (Å²) in [6.07, 6.45) is 3.45. The van der Waals surface area contributed by atoms with Crippen molar-refractivity contribution in [1.82, 2.24) is 14.8 Å². The fraction of sp³-hybridized carbons (Fsp3) is 0.333. The highest BCUT2D eigenvalue weighted by atomic mass is 15.4. The summed E-state index contributed by atoms with van der Waals surface area (Å²) in [5.74, 6) is 0. The zero-order valence-electron chi connectivity index (χ0n) is 15.1. The SMILES string of the molecule is Cc1ccc(C(c2ccccc2)(n2cncn2)C(C)(C)C)c(C)c1. The van der Waals surface area contributed by atoms with Crippen LogP contribution in [0.5, 0.6) is 0 Å². The Morgan fingerprint density at radius 3 is 2.17 bits per heavy atom. The molecule has 3 rings (SSSR count). The van der Waals surface area contributed by atoms with Crippen molar-refractivity contribution in [2.75, 3.05) is 0 Å². The Labute approximate surface area is 144 Å². The zero-order valence-corrected chi connectivity index (χ0v) is 15.1. The molecule has 1 unspecified atom stereocenters. The first-order valence-corrected chi connectivity index (χ1v) is 8.36. The summed E-state index contributed by atoms with van der Waals surface area (Å²) in [4.78, 5) is 4.25. The number of aryl methyl sites for hydroxylation is 2. The van der Waals surface area contributed by atoms with Crippen molar-refractivity contribution in [3.05, 3.63) is 83.4 Å². The van der Waals surface area contributed by atoms with Crippen LogP contribution in [0.4, 0.5) is 0 Å². The minimum atomic E-state index is -0.428. The molecular weight excluding hydrogens is 294 g/mol. The van der Waals surface area contributed by atoms with Crippen LogP contribution in [-0.2, 0) is 5.54 Å². The highest BCUT2D eigenvalue weighted by Crippen LogP contribution is 2.48. The third-order valence-electron chi connectivity index (χ3n) is 4.81. The van der Waals surface area contributed by atoms with Gasteiger partial charge in [0.15, 0.2) is 0 Å². The molecule has 3 nitrogen and oxygen atoms in total. The van der Waals surface area contributed by atoms with Gasteiger partial charge in [0.2, 0.25) is 0 Å². The van der Waals surface area contributed by atoms with Crippen molar-refractivity contribution >= 4 is 0 Å². The van der Waals surface area contributed by atoms with Gasteiger partial charge in [0, 0.05) is 0 Å². The van der Waals surface area contributed by atoms with Gasteiger partial charge < -0.3 is 0 Å². The molecule has 0 aliphatic heterocycles. The molecule has 0 bridgehead atoms. The van der Waals surface area contributed by atoms with E-state index in [9.17, 15) is 0 Å². The van der Waals surface area contributed by atoms with Gasteiger partial charge in [-0.2, -0.15) is 5.10 Å². The smallest absolute Gasteiger partial charge is 0.137 e. The Kier molecular flexibility index (Phi) is 4.04. The molecule has 0 saturated carbocycles. The van der Waals surface area contributed by atoms with E-state index in [1.807, 2.05) is 11.0 Å². The lowest BCUT2D eigenvalue weighted by Crippen LogP contribution is -2.48. The number of rotatable bonds is 3. The first-order chi connectivity index (χ1) is 11.4. The number of hydrogen-bond acceptors (Lipinski definition) is 2. The largest absolute Gasteiger partial charge is 0.237 e. The van der Waals surface area contributed by atoms with Crippen LogP contribution in [0, 0.1) is 19.3 Å². The van der Waals surface area contributed by atoms with Crippen molar-refractivity contribution in [2.45, 2.75) is 40.2 Å². The Bertz CT molecular complexity index is 814. The van der Waals surface area contributed by atoms with Crippen molar-refractivity contribution in [1.29, 1.82) is 0 Å². The van der Waals surface area contributed by atoms with Gasteiger partial charge in [-0.25, -0.2) is 9.67 Å². The molecule has 1 atom stereocenters. The van der Waals surface area contributed by atoms with Gasteiger partial charge in [-0.3, -0.25) is 0 Å². The van der Waals surface area contributed by atoms with Gasteiger partial charge >= 0.3 is 0 Å². The molecule has 3 aromatic rings. The predicted molar refractivity (Wildman–Crippen MR) is 98.0 cm³/mol. The van der Waals surface area contributed by atoms with E-state index < -0.39 is 5.54 Å². The van der Waals surface area contributed by atoms with Gasteiger partial charge in [-0.05, 0) is 36.0 Å². The quantitative estimate of drug-likeness (QED) is 0.698. The van der Waals surface area contributed by atoms with Gasteiger partial charge in [-0.1, -0.05) is 74.9 Å². The van der Waals surface area contributed by atoms with Gasteiger partial charge in [0.1, 0.15) is 18.2 Å². The number of aromatic nitrogens is 3. The predicted octanol–water partition coefficient (Wildman–Crippen LogP) is 4.73. The van der Waals surface area contributed by atoms with Crippen LogP contribution in [0.3, 0.4) is 0 Å². The van der Waals surface area contributed by atoms with E-state index in [1.165, 1.54) is 22.3 Å². The fourth-order valence-corrected chi connectivity index (χ4v) is 3.87. The van der Waals surface area contributed by atoms with E-state index in [-0.39, 0.29) is 5.41 Å². The summed E-state index contributed by atoms with van der Waals surface area (Å²) in [6, 6.07) is 17.3. The van der Waals surface area contributed by atoms with Crippen LogP contribution in [0.2, 0.25) is 0 Å². The van der Waals surface area contributed by atoms with Crippen molar-refractivity contribution in [3.8, 4) is 0 Å². The van der Waals surface area contributed by atoms with Crippen LogP contribution in [0.25, 0.3) is 0 Å². The molecule has 24 heavy (non-hydrogen) atoms. The average molecular weight is 319 g/mol. The lowest BCUT2D eigenvalue weighted by atomic mass is 9.64. The lowest BCUT2D eigenvalue weighted by Gasteiger charge is -2.46. The summed E-state index contributed by atoms with van der Waals surface area (Å²) in [6.45, 7) is 11.1. The van der Waals surface area contributed by atoms with Crippen LogP contribution >= 0.6 is 0 Å². The Balaban J connectivity index is 2.44. The molecule has 0 amide bonds. The second-order valence-corrected chi connectivity index (χ2v) is 7.48. The van der Waals surface area contributed by atoms with Crippen molar-refractivity contribution < 1.29 is 0 Å². The molecule has 0 N–H and O–H groups in total. The lowest BCUT2D eigenvalue weighted by molar-refractivity contribution is 0.170. The van der Waals surface area contributed by atoms with Crippen LogP contribution in [0.15, 0.2) is 61.2 Å². The van der Waals surface area contributed by atoms with Gasteiger partial charge in [0.25, 0.3) is 0 Å². The molecule has 0 aliphatic rings. The maximum atomic E-state index is 4.58. The second kappa shape index (κ2) is 5.90. The maximum Gasteiger partial charge on any atom is 0.137 e. The molecule has 0 radical (unpaired) electrons. The third kappa shape index (κ3) is 2.44. The number of benzene rings is 2. The standard InChI is InChI=1S/C21H25N3/c1-16-11-12-19(17(2)13-16)21(20(3,4)5,24-15-22-14-23-24)18-9-7-6-8-10-18/h6-15H,1-5H3. The highest BCUT2D eigenvalue weighted by Gasteiger charge is 2.48. The van der Waals surface area contributed by atoms with Gasteiger partial charge in [-0.15, -0.1) is 0 Å². The third-order valence-corrected chi connectivity index (χ3v) is 4.81. The van der Waals surface area contributed by atoms with E-state index in [1.54, 1.807) is 6.33 Å². The Morgan fingerprint density at radius 1 is 0.917 bits per heavy atom. The number of hydrogen-bond donors (Lipinski definition) is 0. The Hall–Kier alpha value is -2.42. The van der Waals surface area contributed by atoms with Crippen molar-refractivity contribution in [2.24, 2.45) is 5.41 Å². The average Bonchev–Trinajstić information content (AvgIpc) is 3.04. The Morgan fingerprint density at radius 2 is 1.62 bits per heavy atom. The fourth-order valence-electron chi connectivity index (χ4n) is 3.87. The first kappa shape index (κ1) is 16.4. The molecule has 1 heterocycles. The summed E-state index contributed by atoms with van der Waals surface area (Å²) < 4.78 is 2.01. The monoisotopic (exact) mass is 319 g/mol. The van der Waals surface area contributed by atoms with Gasteiger partial charge in [0.05, 0.1) is 0 Å².